The first-order chi connectivity index (χ1) is 13.6. The molecule has 0 unspecified atom stereocenters. The van der Waals surface area contributed by atoms with Crippen LogP contribution in [0.3, 0.4) is 0 Å². The van der Waals surface area contributed by atoms with Gasteiger partial charge in [-0.05, 0) is 25.5 Å². The van der Waals surface area contributed by atoms with E-state index in [-0.39, 0.29) is 35.9 Å². The van der Waals surface area contributed by atoms with Gasteiger partial charge in [0, 0.05) is 11.3 Å². The summed E-state index contributed by atoms with van der Waals surface area (Å²) in [4.78, 5) is 32.5. The van der Waals surface area contributed by atoms with Crippen LogP contribution in [0.4, 0.5) is 0 Å². The van der Waals surface area contributed by atoms with Crippen molar-refractivity contribution in [2.75, 3.05) is 13.2 Å². The molecule has 0 aliphatic carbocycles. The smallest absolute Gasteiger partial charge is 0.312 e. The fourth-order valence-electron chi connectivity index (χ4n) is 5.54. The Morgan fingerprint density at radius 2 is 2.25 bits per heavy atom. The standard InChI is InChI=1S/C22H20N2O4/c1-2-27-21(26)18-14-10-16-19-13(9-12-5-3-4-6-15(12)23-19)20(25)24(16)11-22(14)8-7-17(18)28-22/h3-9,14,16-18H,2,10-11H2,1H3/t14-,16+,17-,18-,22-/m1/s1. The fraction of sp³-hybridized carbons (Fsp3) is 0.409. The number of pyridine rings is 1. The number of ether oxygens (including phenoxy) is 2. The number of aromatic nitrogens is 1. The maximum atomic E-state index is 13.2. The summed E-state index contributed by atoms with van der Waals surface area (Å²) in [5.41, 5.74) is 1.80. The van der Waals surface area contributed by atoms with Crippen molar-refractivity contribution in [3.05, 3.63) is 53.7 Å². The zero-order chi connectivity index (χ0) is 19.0. The monoisotopic (exact) mass is 376 g/mol. The molecule has 1 aromatic heterocycles. The van der Waals surface area contributed by atoms with Crippen LogP contribution in [0.2, 0.25) is 0 Å². The first-order valence-electron chi connectivity index (χ1n) is 9.86. The first-order valence-corrected chi connectivity index (χ1v) is 9.86. The van der Waals surface area contributed by atoms with Crippen LogP contribution in [0.15, 0.2) is 42.5 Å². The summed E-state index contributed by atoms with van der Waals surface area (Å²) >= 11 is 0. The van der Waals surface area contributed by atoms with E-state index in [9.17, 15) is 9.59 Å². The summed E-state index contributed by atoms with van der Waals surface area (Å²) in [6.45, 7) is 2.63. The molecule has 6 heteroatoms. The lowest BCUT2D eigenvalue weighted by Crippen LogP contribution is -2.53. The van der Waals surface area contributed by atoms with Crippen molar-refractivity contribution in [1.82, 2.24) is 9.88 Å². The molecule has 1 aromatic carbocycles. The molecule has 0 radical (unpaired) electrons. The van der Waals surface area contributed by atoms with Crippen molar-refractivity contribution < 1.29 is 19.1 Å². The minimum absolute atomic E-state index is 0.00480. The number of hydrogen-bond acceptors (Lipinski definition) is 5. The number of esters is 1. The van der Waals surface area contributed by atoms with E-state index < -0.39 is 5.60 Å². The average molecular weight is 376 g/mol. The van der Waals surface area contributed by atoms with E-state index in [4.69, 9.17) is 14.5 Å². The number of fused-ring (bicyclic) bond motifs is 5. The molecule has 2 aromatic rings. The summed E-state index contributed by atoms with van der Waals surface area (Å²) in [5.74, 6) is -0.513. The molecule has 5 heterocycles. The molecule has 4 aliphatic rings. The average Bonchev–Trinajstić information content (AvgIpc) is 3.33. The highest BCUT2D eigenvalue weighted by atomic mass is 16.6. The Labute approximate surface area is 162 Å². The third kappa shape index (κ3) is 1.93. The number of piperidine rings is 1. The van der Waals surface area contributed by atoms with E-state index in [0.717, 1.165) is 16.6 Å². The van der Waals surface area contributed by atoms with E-state index in [0.29, 0.717) is 25.1 Å². The lowest BCUT2D eigenvalue weighted by molar-refractivity contribution is -0.150. The quantitative estimate of drug-likeness (QED) is 0.595. The van der Waals surface area contributed by atoms with Crippen LogP contribution < -0.4 is 0 Å². The fourth-order valence-corrected chi connectivity index (χ4v) is 5.54. The van der Waals surface area contributed by atoms with Crippen molar-refractivity contribution in [3.8, 4) is 0 Å². The first kappa shape index (κ1) is 16.2. The number of amides is 1. The summed E-state index contributed by atoms with van der Waals surface area (Å²) in [5, 5.41) is 0.967. The van der Waals surface area contributed by atoms with Gasteiger partial charge in [0.2, 0.25) is 0 Å². The Morgan fingerprint density at radius 3 is 3.11 bits per heavy atom. The molecule has 6 rings (SSSR count). The molecule has 5 atom stereocenters. The van der Waals surface area contributed by atoms with Crippen LogP contribution in [0, 0.1) is 11.8 Å². The van der Waals surface area contributed by atoms with Crippen LogP contribution in [0.5, 0.6) is 0 Å². The van der Waals surface area contributed by atoms with Gasteiger partial charge in [0.25, 0.3) is 5.91 Å². The molecule has 142 valence electrons. The van der Waals surface area contributed by atoms with Gasteiger partial charge in [-0.15, -0.1) is 0 Å². The highest BCUT2D eigenvalue weighted by Crippen LogP contribution is 2.56. The van der Waals surface area contributed by atoms with Gasteiger partial charge >= 0.3 is 5.97 Å². The minimum Gasteiger partial charge on any atom is -0.466 e. The number of para-hydroxylation sites is 1. The highest BCUT2D eigenvalue weighted by Gasteiger charge is 2.64. The SMILES string of the molecule is CCOC(=O)[C@@H]1[C@H]2C[C@H]3c4nc5ccccc5cc4C(=O)N3C[C@]23C=C[C@H]1O3. The molecular weight excluding hydrogens is 356 g/mol. The molecule has 4 aliphatic heterocycles. The summed E-state index contributed by atoms with van der Waals surface area (Å²) in [6, 6.07) is 9.69. The number of nitrogens with zero attached hydrogens (tertiary/aromatic N) is 2. The molecule has 6 nitrogen and oxygen atoms in total. The predicted octanol–water partition coefficient (Wildman–Crippen LogP) is 2.64. The van der Waals surface area contributed by atoms with Gasteiger partial charge in [-0.1, -0.05) is 30.4 Å². The Hall–Kier alpha value is -2.73. The van der Waals surface area contributed by atoms with Crippen LogP contribution in [-0.4, -0.2) is 46.6 Å². The molecule has 28 heavy (non-hydrogen) atoms. The Morgan fingerprint density at radius 1 is 1.39 bits per heavy atom. The largest absolute Gasteiger partial charge is 0.466 e. The van der Waals surface area contributed by atoms with Crippen molar-refractivity contribution in [1.29, 1.82) is 0 Å². The number of carbonyl (C=O) groups is 2. The van der Waals surface area contributed by atoms with Crippen LogP contribution in [0.25, 0.3) is 10.9 Å². The molecule has 0 N–H and O–H groups in total. The van der Waals surface area contributed by atoms with E-state index in [2.05, 4.69) is 6.08 Å². The second-order valence-corrected chi connectivity index (χ2v) is 8.08. The lowest BCUT2D eigenvalue weighted by atomic mass is 9.69. The van der Waals surface area contributed by atoms with Gasteiger partial charge in [0.1, 0.15) is 5.60 Å². The third-order valence-electron chi connectivity index (χ3n) is 6.73. The summed E-state index contributed by atoms with van der Waals surface area (Å²) < 4.78 is 11.6. The van der Waals surface area contributed by atoms with Gasteiger partial charge in [-0.3, -0.25) is 9.59 Å². The van der Waals surface area contributed by atoms with Crippen LogP contribution in [-0.2, 0) is 14.3 Å². The maximum absolute atomic E-state index is 13.2. The second-order valence-electron chi connectivity index (χ2n) is 8.08. The van der Waals surface area contributed by atoms with Crippen LogP contribution in [0.1, 0.15) is 35.4 Å². The summed E-state index contributed by atoms with van der Waals surface area (Å²) in [6.07, 6.45) is 4.41. The molecule has 1 amide bonds. The second kappa shape index (κ2) is 5.41. The maximum Gasteiger partial charge on any atom is 0.312 e. The topological polar surface area (TPSA) is 68.7 Å². The highest BCUT2D eigenvalue weighted by molar-refractivity contribution is 6.02. The van der Waals surface area contributed by atoms with Crippen molar-refractivity contribution >= 4 is 22.8 Å². The summed E-state index contributed by atoms with van der Waals surface area (Å²) in [7, 11) is 0. The van der Waals surface area contributed by atoms with Gasteiger partial charge in [-0.25, -0.2) is 4.98 Å². The molecule has 2 bridgehead atoms. The Balaban J connectivity index is 1.43. The zero-order valence-corrected chi connectivity index (χ0v) is 15.5. The third-order valence-corrected chi connectivity index (χ3v) is 6.73. The van der Waals surface area contributed by atoms with E-state index in [1.807, 2.05) is 48.2 Å². The van der Waals surface area contributed by atoms with E-state index >= 15 is 0 Å². The van der Waals surface area contributed by atoms with Crippen molar-refractivity contribution in [2.24, 2.45) is 11.8 Å². The van der Waals surface area contributed by atoms with E-state index in [1.165, 1.54) is 0 Å². The molecule has 1 spiro atoms. The molecule has 0 saturated carbocycles. The Kier molecular flexibility index (Phi) is 3.14. The van der Waals surface area contributed by atoms with Gasteiger partial charge < -0.3 is 14.4 Å². The van der Waals surface area contributed by atoms with E-state index in [1.54, 1.807) is 0 Å². The minimum atomic E-state index is -0.588. The molecule has 2 fully saturated rings. The Bertz CT molecular complexity index is 1060. The molecular formula is C22H20N2O4. The number of benzene rings is 1. The van der Waals surface area contributed by atoms with Gasteiger partial charge in [-0.2, -0.15) is 0 Å². The lowest BCUT2D eigenvalue weighted by Gasteiger charge is -2.44. The number of hydrogen-bond donors (Lipinski definition) is 0. The molecule has 2 saturated heterocycles. The number of rotatable bonds is 2. The van der Waals surface area contributed by atoms with Crippen LogP contribution >= 0.6 is 0 Å². The van der Waals surface area contributed by atoms with Gasteiger partial charge in [0.15, 0.2) is 0 Å². The van der Waals surface area contributed by atoms with Crippen molar-refractivity contribution in [3.63, 3.8) is 0 Å². The van der Waals surface area contributed by atoms with Crippen molar-refractivity contribution in [2.45, 2.75) is 31.1 Å². The number of carbonyl (C=O) groups excluding carboxylic acids is 2. The predicted molar refractivity (Wildman–Crippen MR) is 100 cm³/mol. The van der Waals surface area contributed by atoms with Gasteiger partial charge in [0.05, 0.1) is 48.0 Å². The normalized spacial score (nSPS) is 34.5. The zero-order valence-electron chi connectivity index (χ0n) is 15.5.